The first-order chi connectivity index (χ1) is 5.09. The van der Waals surface area contributed by atoms with E-state index < -0.39 is 12.1 Å². The van der Waals surface area contributed by atoms with E-state index in [-0.39, 0.29) is 19.6 Å². The molecule has 0 aromatic carbocycles. The summed E-state index contributed by atoms with van der Waals surface area (Å²) in [6.45, 7) is 1.36. The van der Waals surface area contributed by atoms with Crippen LogP contribution in [0.25, 0.3) is 0 Å². The van der Waals surface area contributed by atoms with Crippen molar-refractivity contribution < 1.29 is 25.2 Å². The fourth-order valence-corrected chi connectivity index (χ4v) is 0.175. The molecular formula is C6H14O5. The molecule has 5 heteroatoms. The molecule has 0 aromatic heterocycles. The van der Waals surface area contributed by atoms with Crippen molar-refractivity contribution in [2.24, 2.45) is 0 Å². The molecule has 0 fully saturated rings. The molecule has 0 aliphatic rings. The minimum Gasteiger partial charge on any atom is -0.479 e. The van der Waals surface area contributed by atoms with Gasteiger partial charge in [0.1, 0.15) is 0 Å². The first-order valence-corrected chi connectivity index (χ1v) is 3.22. The number of aliphatic carboxylic acids is 1. The van der Waals surface area contributed by atoms with Gasteiger partial charge in [0.25, 0.3) is 0 Å². The van der Waals surface area contributed by atoms with E-state index in [2.05, 4.69) is 0 Å². The Hall–Kier alpha value is -0.650. The van der Waals surface area contributed by atoms with E-state index in [1.807, 2.05) is 0 Å². The van der Waals surface area contributed by atoms with Gasteiger partial charge in [-0.05, 0) is 6.42 Å². The number of carboxylic acids is 1. The van der Waals surface area contributed by atoms with E-state index in [1.54, 1.807) is 6.92 Å². The smallest absolute Gasteiger partial charge is 0.332 e. The number of rotatable bonds is 3. The van der Waals surface area contributed by atoms with E-state index in [1.165, 1.54) is 0 Å². The molecule has 0 aromatic rings. The first-order valence-electron chi connectivity index (χ1n) is 3.22. The molecule has 11 heavy (non-hydrogen) atoms. The van der Waals surface area contributed by atoms with Gasteiger partial charge in [0.15, 0.2) is 6.10 Å². The molecule has 0 rings (SSSR count). The highest BCUT2D eigenvalue weighted by atomic mass is 16.4. The molecule has 68 valence electrons. The zero-order valence-corrected chi connectivity index (χ0v) is 6.40. The highest BCUT2D eigenvalue weighted by molar-refractivity contribution is 5.71. The maximum Gasteiger partial charge on any atom is 0.332 e. The van der Waals surface area contributed by atoms with Crippen LogP contribution in [0, 0.1) is 0 Å². The molecule has 0 saturated carbocycles. The van der Waals surface area contributed by atoms with Crippen LogP contribution in [0.1, 0.15) is 13.3 Å². The predicted molar refractivity (Wildman–Crippen MR) is 38.1 cm³/mol. The van der Waals surface area contributed by atoms with Crippen molar-refractivity contribution in [1.82, 2.24) is 0 Å². The zero-order chi connectivity index (χ0) is 9.28. The maximum absolute atomic E-state index is 9.68. The van der Waals surface area contributed by atoms with Gasteiger partial charge < -0.3 is 20.4 Å². The molecule has 0 aliphatic heterocycles. The molecule has 0 spiro atoms. The lowest BCUT2D eigenvalue weighted by Crippen LogP contribution is -2.17. The molecule has 0 bridgehead atoms. The van der Waals surface area contributed by atoms with Crippen molar-refractivity contribution in [2.75, 3.05) is 13.2 Å². The fourth-order valence-electron chi connectivity index (χ4n) is 0.175. The summed E-state index contributed by atoms with van der Waals surface area (Å²) >= 11 is 0. The van der Waals surface area contributed by atoms with Gasteiger partial charge in [-0.15, -0.1) is 0 Å². The minimum atomic E-state index is -1.18. The van der Waals surface area contributed by atoms with Crippen LogP contribution in [0.15, 0.2) is 0 Å². The standard InChI is InChI=1S/C4H8O3.C2H6O2/c1-2-3(5)4(6)7;3-1-2-4/h3,5H,2H2,1H3,(H,6,7);3-4H,1-2H2. The van der Waals surface area contributed by atoms with Crippen LogP contribution in [0.3, 0.4) is 0 Å². The largest absolute Gasteiger partial charge is 0.479 e. The van der Waals surface area contributed by atoms with Crippen LogP contribution >= 0.6 is 0 Å². The maximum atomic E-state index is 9.68. The Morgan fingerprint density at radius 3 is 1.73 bits per heavy atom. The fraction of sp³-hybridized carbons (Fsp3) is 0.833. The number of carboxylic acid groups (broad SMARTS) is 1. The highest BCUT2D eigenvalue weighted by Gasteiger charge is 2.07. The van der Waals surface area contributed by atoms with Crippen LogP contribution in [0.5, 0.6) is 0 Å². The summed E-state index contributed by atoms with van der Waals surface area (Å²) < 4.78 is 0. The molecule has 1 unspecified atom stereocenters. The van der Waals surface area contributed by atoms with Crippen molar-refractivity contribution in [3.05, 3.63) is 0 Å². The third kappa shape index (κ3) is 12.5. The quantitative estimate of drug-likeness (QED) is 0.422. The average Bonchev–Trinajstić information content (AvgIpc) is 2.03. The minimum absolute atomic E-state index is 0.125. The van der Waals surface area contributed by atoms with E-state index in [9.17, 15) is 4.79 Å². The third-order valence-corrected chi connectivity index (χ3v) is 0.772. The van der Waals surface area contributed by atoms with E-state index >= 15 is 0 Å². The summed E-state index contributed by atoms with van der Waals surface area (Å²) in [7, 11) is 0. The zero-order valence-electron chi connectivity index (χ0n) is 6.40. The van der Waals surface area contributed by atoms with Crippen LogP contribution < -0.4 is 0 Å². The van der Waals surface area contributed by atoms with Crippen LogP contribution in [0.2, 0.25) is 0 Å². The summed E-state index contributed by atoms with van der Waals surface area (Å²) in [5, 5.41) is 31.5. The summed E-state index contributed by atoms with van der Waals surface area (Å²) in [4.78, 5) is 9.68. The average molecular weight is 166 g/mol. The van der Waals surface area contributed by atoms with Crippen molar-refractivity contribution in [3.8, 4) is 0 Å². The Morgan fingerprint density at radius 1 is 1.36 bits per heavy atom. The number of hydrogen-bond acceptors (Lipinski definition) is 4. The summed E-state index contributed by atoms with van der Waals surface area (Å²) in [5.74, 6) is -1.15. The Kier molecular flexibility index (Phi) is 11.0. The third-order valence-electron chi connectivity index (χ3n) is 0.772. The molecule has 0 heterocycles. The molecule has 1 atom stereocenters. The van der Waals surface area contributed by atoms with Gasteiger partial charge in [0, 0.05) is 0 Å². The van der Waals surface area contributed by atoms with E-state index in [0.717, 1.165) is 0 Å². The van der Waals surface area contributed by atoms with Gasteiger partial charge in [-0.1, -0.05) is 6.92 Å². The summed E-state index contributed by atoms with van der Waals surface area (Å²) in [6, 6.07) is 0. The predicted octanol–water partition coefficient (Wildman–Crippen LogP) is -1.19. The topological polar surface area (TPSA) is 98.0 Å². The summed E-state index contributed by atoms with van der Waals surface area (Å²) in [6.07, 6.45) is -0.907. The van der Waals surface area contributed by atoms with Crippen LogP contribution in [-0.4, -0.2) is 45.7 Å². The lowest BCUT2D eigenvalue weighted by molar-refractivity contribution is -0.146. The van der Waals surface area contributed by atoms with Gasteiger partial charge in [0.05, 0.1) is 13.2 Å². The van der Waals surface area contributed by atoms with Crippen LogP contribution in [-0.2, 0) is 4.79 Å². The molecule has 0 aliphatic carbocycles. The first kappa shape index (κ1) is 13.0. The van der Waals surface area contributed by atoms with Crippen molar-refractivity contribution in [3.63, 3.8) is 0 Å². The number of aliphatic hydroxyl groups is 3. The number of carbonyl (C=O) groups is 1. The Bertz CT molecular complexity index is 91.0. The second-order valence-electron chi connectivity index (χ2n) is 1.71. The Labute approximate surface area is 64.9 Å². The Morgan fingerprint density at radius 2 is 1.73 bits per heavy atom. The second kappa shape index (κ2) is 9.35. The second-order valence-corrected chi connectivity index (χ2v) is 1.71. The van der Waals surface area contributed by atoms with Crippen molar-refractivity contribution in [1.29, 1.82) is 0 Å². The molecule has 5 nitrogen and oxygen atoms in total. The molecule has 4 N–H and O–H groups in total. The molecule has 0 amide bonds. The van der Waals surface area contributed by atoms with E-state index in [0.29, 0.717) is 0 Å². The van der Waals surface area contributed by atoms with Crippen LogP contribution in [0.4, 0.5) is 0 Å². The Balaban J connectivity index is 0. The van der Waals surface area contributed by atoms with Gasteiger partial charge in [-0.25, -0.2) is 4.79 Å². The van der Waals surface area contributed by atoms with E-state index in [4.69, 9.17) is 20.4 Å². The normalized spacial score (nSPS) is 11.3. The van der Waals surface area contributed by atoms with Gasteiger partial charge in [-0.2, -0.15) is 0 Å². The molecular weight excluding hydrogens is 152 g/mol. The summed E-state index contributed by atoms with van der Waals surface area (Å²) in [5.41, 5.74) is 0. The number of hydrogen-bond donors (Lipinski definition) is 4. The monoisotopic (exact) mass is 166 g/mol. The number of aliphatic hydroxyl groups excluding tert-OH is 3. The SMILES string of the molecule is CCC(O)C(=O)O.OCCO. The van der Waals surface area contributed by atoms with Gasteiger partial charge >= 0.3 is 5.97 Å². The van der Waals surface area contributed by atoms with Gasteiger partial charge in [0.2, 0.25) is 0 Å². The highest BCUT2D eigenvalue weighted by Crippen LogP contribution is 1.86. The van der Waals surface area contributed by atoms with Gasteiger partial charge in [-0.3, -0.25) is 0 Å². The van der Waals surface area contributed by atoms with Crippen molar-refractivity contribution in [2.45, 2.75) is 19.4 Å². The molecule has 0 radical (unpaired) electrons. The van der Waals surface area contributed by atoms with Crippen molar-refractivity contribution >= 4 is 5.97 Å². The molecule has 0 saturated heterocycles. The lowest BCUT2D eigenvalue weighted by atomic mass is 10.3. The lowest BCUT2D eigenvalue weighted by Gasteiger charge is -1.95.